The fraction of sp³-hybridized carbons (Fsp3) is 0.720. The highest BCUT2D eigenvalue weighted by molar-refractivity contribution is 5.80. The van der Waals surface area contributed by atoms with Gasteiger partial charge in [-0.25, -0.2) is 0 Å². The Labute approximate surface area is 188 Å². The zero-order chi connectivity index (χ0) is 21.5. The Balaban J connectivity index is 1.40. The number of piperidine rings is 2. The van der Waals surface area contributed by atoms with E-state index < -0.39 is 0 Å². The Hall–Kier alpha value is -1.63. The number of fused-ring (bicyclic) bond motifs is 1. The molecule has 2 unspecified atom stereocenters. The lowest BCUT2D eigenvalue weighted by Crippen LogP contribution is -2.57. The zero-order valence-corrected chi connectivity index (χ0v) is 19.4. The predicted octanol–water partition coefficient (Wildman–Crippen LogP) is 3.13. The van der Waals surface area contributed by atoms with Gasteiger partial charge >= 0.3 is 0 Å². The molecule has 4 rings (SSSR count). The standard InChI is InChI=1S/C25H40N4O2/c1-3-26-24(27-20-25(30-2)12-16-31-17-13-25)29-15-11-23-22(19-29)10-7-14-28(23)18-21-8-5-4-6-9-21/h4-6,8-9,22-23H,3,7,10-20H2,1-2H3,(H,26,27). The Morgan fingerprint density at radius 1 is 1.19 bits per heavy atom. The molecule has 1 aromatic rings. The van der Waals surface area contributed by atoms with Crippen LogP contribution >= 0.6 is 0 Å². The molecule has 1 N–H and O–H groups in total. The van der Waals surface area contributed by atoms with Crippen molar-refractivity contribution in [3.8, 4) is 0 Å². The number of likely N-dealkylation sites (tertiary alicyclic amines) is 2. The van der Waals surface area contributed by atoms with Crippen molar-refractivity contribution in [1.82, 2.24) is 15.1 Å². The van der Waals surface area contributed by atoms with E-state index in [0.29, 0.717) is 12.6 Å². The summed E-state index contributed by atoms with van der Waals surface area (Å²) < 4.78 is 11.5. The molecule has 3 saturated heterocycles. The normalized spacial score (nSPS) is 27.0. The lowest BCUT2D eigenvalue weighted by Gasteiger charge is -2.48. The van der Waals surface area contributed by atoms with Crippen LogP contribution in [0.4, 0.5) is 0 Å². The van der Waals surface area contributed by atoms with Crippen molar-refractivity contribution in [3.63, 3.8) is 0 Å². The van der Waals surface area contributed by atoms with Crippen LogP contribution in [0.5, 0.6) is 0 Å². The van der Waals surface area contributed by atoms with Gasteiger partial charge in [-0.05, 0) is 44.2 Å². The molecule has 0 saturated carbocycles. The second kappa shape index (κ2) is 10.8. The number of aliphatic imine (C=N–C) groups is 1. The molecule has 3 fully saturated rings. The van der Waals surface area contributed by atoms with Gasteiger partial charge < -0.3 is 19.7 Å². The minimum Gasteiger partial charge on any atom is -0.381 e. The maximum absolute atomic E-state index is 5.91. The third-order valence-electron chi connectivity index (χ3n) is 7.40. The monoisotopic (exact) mass is 428 g/mol. The Morgan fingerprint density at radius 2 is 2.00 bits per heavy atom. The molecule has 6 nitrogen and oxygen atoms in total. The lowest BCUT2D eigenvalue weighted by molar-refractivity contribution is -0.0830. The van der Waals surface area contributed by atoms with Crippen LogP contribution in [-0.2, 0) is 16.0 Å². The first kappa shape index (κ1) is 22.6. The molecule has 6 heteroatoms. The summed E-state index contributed by atoms with van der Waals surface area (Å²) >= 11 is 0. The number of hydrogen-bond acceptors (Lipinski definition) is 4. The molecule has 0 amide bonds. The molecule has 31 heavy (non-hydrogen) atoms. The molecular weight excluding hydrogens is 388 g/mol. The topological polar surface area (TPSA) is 49.3 Å². The molecule has 0 spiro atoms. The van der Waals surface area contributed by atoms with Gasteiger partial charge in [0.2, 0.25) is 0 Å². The fourth-order valence-electron chi connectivity index (χ4n) is 5.53. The molecule has 2 atom stereocenters. The number of rotatable bonds is 6. The maximum Gasteiger partial charge on any atom is 0.194 e. The second-order valence-electron chi connectivity index (χ2n) is 9.33. The number of hydrogen-bond donors (Lipinski definition) is 1. The van der Waals surface area contributed by atoms with E-state index >= 15 is 0 Å². The Kier molecular flexibility index (Phi) is 7.86. The number of nitrogens with zero attached hydrogens (tertiary/aromatic N) is 3. The van der Waals surface area contributed by atoms with Gasteiger partial charge in [-0.3, -0.25) is 9.89 Å². The summed E-state index contributed by atoms with van der Waals surface area (Å²) in [4.78, 5) is 10.3. The van der Waals surface area contributed by atoms with Crippen LogP contribution in [0.3, 0.4) is 0 Å². The summed E-state index contributed by atoms with van der Waals surface area (Å²) in [5, 5.41) is 3.56. The van der Waals surface area contributed by atoms with Crippen molar-refractivity contribution in [2.75, 3.05) is 53.0 Å². The average molecular weight is 429 g/mol. The number of nitrogens with one attached hydrogen (secondary N) is 1. The molecular formula is C25H40N4O2. The minimum atomic E-state index is -0.172. The van der Waals surface area contributed by atoms with Gasteiger partial charge in [0.15, 0.2) is 5.96 Å². The molecule has 3 aliphatic rings. The lowest BCUT2D eigenvalue weighted by atomic mass is 9.83. The van der Waals surface area contributed by atoms with Crippen LogP contribution in [0.1, 0.15) is 44.6 Å². The summed E-state index contributed by atoms with van der Waals surface area (Å²) in [5.41, 5.74) is 1.26. The summed E-state index contributed by atoms with van der Waals surface area (Å²) in [6.45, 7) is 9.77. The van der Waals surface area contributed by atoms with Crippen LogP contribution in [-0.4, -0.2) is 80.4 Å². The highest BCUT2D eigenvalue weighted by Gasteiger charge is 2.37. The number of benzene rings is 1. The van der Waals surface area contributed by atoms with E-state index in [1.165, 1.54) is 31.4 Å². The quantitative estimate of drug-likeness (QED) is 0.557. The van der Waals surface area contributed by atoms with Gasteiger partial charge in [0.1, 0.15) is 0 Å². The van der Waals surface area contributed by atoms with Crippen molar-refractivity contribution < 1.29 is 9.47 Å². The van der Waals surface area contributed by atoms with Crippen LogP contribution in [0.2, 0.25) is 0 Å². The number of methoxy groups -OCH3 is 1. The van der Waals surface area contributed by atoms with Crippen molar-refractivity contribution in [2.24, 2.45) is 10.9 Å². The van der Waals surface area contributed by atoms with Gasteiger partial charge in [-0.1, -0.05) is 30.3 Å². The molecule has 1 aromatic carbocycles. The van der Waals surface area contributed by atoms with Gasteiger partial charge in [0.25, 0.3) is 0 Å². The van der Waals surface area contributed by atoms with Crippen molar-refractivity contribution in [3.05, 3.63) is 35.9 Å². The van der Waals surface area contributed by atoms with Crippen molar-refractivity contribution in [1.29, 1.82) is 0 Å². The van der Waals surface area contributed by atoms with E-state index in [2.05, 4.69) is 52.4 Å². The third kappa shape index (κ3) is 5.60. The van der Waals surface area contributed by atoms with Crippen LogP contribution < -0.4 is 5.32 Å². The molecule has 0 bridgehead atoms. The largest absolute Gasteiger partial charge is 0.381 e. The van der Waals surface area contributed by atoms with Gasteiger partial charge in [0.05, 0.1) is 12.1 Å². The van der Waals surface area contributed by atoms with Gasteiger partial charge in [-0.15, -0.1) is 0 Å². The first-order valence-electron chi connectivity index (χ1n) is 12.2. The smallest absolute Gasteiger partial charge is 0.194 e. The number of guanidine groups is 1. The zero-order valence-electron chi connectivity index (χ0n) is 19.4. The molecule has 3 heterocycles. The fourth-order valence-corrected chi connectivity index (χ4v) is 5.53. The van der Waals surface area contributed by atoms with Gasteiger partial charge in [0, 0.05) is 65.4 Å². The average Bonchev–Trinajstić information content (AvgIpc) is 2.83. The molecule has 0 aromatic heterocycles. The van der Waals surface area contributed by atoms with Crippen LogP contribution in [0.15, 0.2) is 35.3 Å². The highest BCUT2D eigenvalue weighted by atomic mass is 16.5. The van der Waals surface area contributed by atoms with E-state index in [1.807, 2.05) is 7.11 Å². The first-order chi connectivity index (χ1) is 15.2. The summed E-state index contributed by atoms with van der Waals surface area (Å²) in [7, 11) is 1.82. The predicted molar refractivity (Wildman–Crippen MR) is 125 cm³/mol. The van der Waals surface area contributed by atoms with Crippen LogP contribution in [0, 0.1) is 5.92 Å². The number of ether oxygens (including phenoxy) is 2. The Bertz CT molecular complexity index is 705. The van der Waals surface area contributed by atoms with E-state index in [-0.39, 0.29) is 5.60 Å². The first-order valence-corrected chi connectivity index (χ1v) is 12.2. The van der Waals surface area contributed by atoms with E-state index in [9.17, 15) is 0 Å². The molecule has 172 valence electrons. The second-order valence-corrected chi connectivity index (χ2v) is 9.33. The summed E-state index contributed by atoms with van der Waals surface area (Å²) in [6.07, 6.45) is 5.68. The summed E-state index contributed by atoms with van der Waals surface area (Å²) in [5.74, 6) is 1.78. The van der Waals surface area contributed by atoms with Crippen molar-refractivity contribution >= 4 is 5.96 Å². The van der Waals surface area contributed by atoms with Crippen LogP contribution in [0.25, 0.3) is 0 Å². The van der Waals surface area contributed by atoms with E-state index in [4.69, 9.17) is 14.5 Å². The SMILES string of the molecule is CCNC(=NCC1(OC)CCOCC1)N1CCC2C(CCCN2Cc2ccccc2)C1. The maximum atomic E-state index is 5.91. The Morgan fingerprint density at radius 3 is 2.74 bits per heavy atom. The van der Waals surface area contributed by atoms with Crippen molar-refractivity contribution in [2.45, 2.75) is 57.2 Å². The molecule has 3 aliphatic heterocycles. The third-order valence-corrected chi connectivity index (χ3v) is 7.40. The molecule has 0 radical (unpaired) electrons. The molecule has 0 aliphatic carbocycles. The summed E-state index contributed by atoms with van der Waals surface area (Å²) in [6, 6.07) is 11.6. The van der Waals surface area contributed by atoms with E-state index in [1.54, 1.807) is 0 Å². The minimum absolute atomic E-state index is 0.172. The van der Waals surface area contributed by atoms with Gasteiger partial charge in [-0.2, -0.15) is 0 Å². The van der Waals surface area contributed by atoms with E-state index in [0.717, 1.165) is 64.1 Å². The highest BCUT2D eigenvalue weighted by Crippen LogP contribution is 2.32.